The van der Waals surface area contributed by atoms with E-state index in [9.17, 15) is 4.79 Å². The van der Waals surface area contributed by atoms with E-state index in [1.165, 1.54) is 11.1 Å². The smallest absolute Gasteiger partial charge is 0.425 e. The monoisotopic (exact) mass is 877 g/mol. The third kappa shape index (κ3) is 9.68. The predicted octanol–water partition coefficient (Wildman–Crippen LogP) is 15.7. The molecule has 1 atom stereocenters. The zero-order valence-corrected chi connectivity index (χ0v) is 43.7. The van der Waals surface area contributed by atoms with Crippen LogP contribution in [-0.4, -0.2) is 5.97 Å². The van der Waals surface area contributed by atoms with Crippen LogP contribution in [0, 0.1) is 6.92 Å². The Balaban J connectivity index is 1.62. The summed E-state index contributed by atoms with van der Waals surface area (Å²) in [6.45, 7) is 47.6. The first kappa shape index (κ1) is 48.4. The highest BCUT2D eigenvalue weighted by Crippen LogP contribution is 2.59. The quantitative estimate of drug-likeness (QED) is 0.116. The third-order valence-electron chi connectivity index (χ3n) is 12.6. The highest BCUT2D eigenvalue weighted by atomic mass is 31.2. The summed E-state index contributed by atoms with van der Waals surface area (Å²) in [7, 11) is -4.55. The molecule has 4 aromatic carbocycles. The van der Waals surface area contributed by atoms with Crippen molar-refractivity contribution >= 4 is 13.8 Å². The molecule has 6 nitrogen and oxygen atoms in total. The van der Waals surface area contributed by atoms with Crippen molar-refractivity contribution in [3.8, 4) is 23.0 Å². The number of aryl methyl sites for hydroxylation is 1. The average molecular weight is 877 g/mol. The van der Waals surface area contributed by atoms with Gasteiger partial charge in [0.1, 0.15) is 28.9 Å². The van der Waals surface area contributed by atoms with Crippen molar-refractivity contribution in [3.63, 3.8) is 0 Å². The molecule has 7 heteroatoms. The van der Waals surface area contributed by atoms with Crippen molar-refractivity contribution in [3.05, 3.63) is 115 Å². The molecule has 0 saturated carbocycles. The van der Waals surface area contributed by atoms with Gasteiger partial charge in [-0.2, -0.15) is 4.57 Å². The van der Waals surface area contributed by atoms with E-state index >= 15 is 4.57 Å². The number of ether oxygens (including phenoxy) is 1. The lowest BCUT2D eigenvalue weighted by molar-refractivity contribution is -0.133. The number of phosphoric acid groups is 1. The molecule has 63 heavy (non-hydrogen) atoms. The van der Waals surface area contributed by atoms with Crippen LogP contribution in [0.15, 0.2) is 48.5 Å². The van der Waals surface area contributed by atoms with Gasteiger partial charge in [0, 0.05) is 34.2 Å². The lowest BCUT2D eigenvalue weighted by Gasteiger charge is -2.35. The van der Waals surface area contributed by atoms with Gasteiger partial charge in [-0.05, 0) is 83.8 Å². The van der Waals surface area contributed by atoms with E-state index in [2.05, 4.69) is 182 Å². The van der Waals surface area contributed by atoms with Gasteiger partial charge in [-0.3, -0.25) is 4.79 Å². The molecule has 2 aliphatic heterocycles. The molecule has 4 aromatic rings. The Labute approximate surface area is 380 Å². The van der Waals surface area contributed by atoms with Crippen LogP contribution in [-0.2, 0) is 53.7 Å². The zero-order chi connectivity index (χ0) is 47.6. The largest absolute Gasteiger partial charge is 0.647 e. The standard InChI is InChI=1S/C56H77O6P/c1-32-23-33(44-39-28-38(52(8,9)10)31-43(56(20,21)22)48(39)59-49(44)57)27-40(53(11,12)13)45(32)60-63(58)61-46-34(25-36(50(2,3)4)29-41(46)54(14,15)16)24-35-26-37(51(5,6)7)30-42(47(35)62-63)55(17,18)19/h23,25-31,44H,24H2,1-22H3. The van der Waals surface area contributed by atoms with E-state index in [1.807, 2.05) is 19.1 Å². The first-order valence-electron chi connectivity index (χ1n) is 22.9. The summed E-state index contributed by atoms with van der Waals surface area (Å²) in [6, 6.07) is 17.2. The summed E-state index contributed by atoms with van der Waals surface area (Å²) >= 11 is 0. The molecule has 0 fully saturated rings. The maximum atomic E-state index is 16.1. The van der Waals surface area contributed by atoms with E-state index in [1.54, 1.807) is 0 Å². The molecule has 0 spiro atoms. The van der Waals surface area contributed by atoms with Gasteiger partial charge in [0.2, 0.25) is 0 Å². The Morgan fingerprint density at radius 1 is 0.492 bits per heavy atom. The Kier molecular flexibility index (Phi) is 11.8. The van der Waals surface area contributed by atoms with Crippen molar-refractivity contribution in [2.75, 3.05) is 0 Å². The van der Waals surface area contributed by atoms with E-state index in [4.69, 9.17) is 18.3 Å². The predicted molar refractivity (Wildman–Crippen MR) is 261 cm³/mol. The van der Waals surface area contributed by atoms with Gasteiger partial charge in [-0.1, -0.05) is 194 Å². The molecule has 0 saturated heterocycles. The van der Waals surface area contributed by atoms with Gasteiger partial charge in [0.05, 0.1) is 0 Å². The summed E-state index contributed by atoms with van der Waals surface area (Å²) in [5.74, 6) is 1.16. The number of benzene rings is 4. The lowest BCUT2D eigenvalue weighted by atomic mass is 9.76. The van der Waals surface area contributed by atoms with Crippen LogP contribution in [0.3, 0.4) is 0 Å². The van der Waals surface area contributed by atoms with Gasteiger partial charge < -0.3 is 18.3 Å². The number of rotatable bonds is 3. The Morgan fingerprint density at radius 2 is 0.873 bits per heavy atom. The second-order valence-corrected chi connectivity index (χ2v) is 27.1. The van der Waals surface area contributed by atoms with Crippen LogP contribution >= 0.6 is 7.82 Å². The van der Waals surface area contributed by atoms with Gasteiger partial charge >= 0.3 is 13.8 Å². The second-order valence-electron chi connectivity index (χ2n) is 25.7. The van der Waals surface area contributed by atoms with E-state index < -0.39 is 19.2 Å². The molecule has 0 amide bonds. The molecule has 2 heterocycles. The molecule has 0 aromatic heterocycles. The first-order chi connectivity index (χ1) is 28.3. The topological polar surface area (TPSA) is 71.1 Å². The van der Waals surface area contributed by atoms with E-state index in [0.717, 1.165) is 50.1 Å². The molecule has 1 unspecified atom stereocenters. The van der Waals surface area contributed by atoms with Crippen LogP contribution in [0.4, 0.5) is 0 Å². The van der Waals surface area contributed by atoms with Crippen LogP contribution in [0.25, 0.3) is 0 Å². The van der Waals surface area contributed by atoms with E-state index in [-0.39, 0.29) is 38.5 Å². The van der Waals surface area contributed by atoms with Crippen molar-refractivity contribution < 1.29 is 27.7 Å². The molecule has 0 bridgehead atoms. The van der Waals surface area contributed by atoms with Gasteiger partial charge in [0.15, 0.2) is 0 Å². The Morgan fingerprint density at radius 3 is 1.25 bits per heavy atom. The van der Waals surface area contributed by atoms with Crippen molar-refractivity contribution in [1.29, 1.82) is 0 Å². The van der Waals surface area contributed by atoms with E-state index in [0.29, 0.717) is 35.0 Å². The van der Waals surface area contributed by atoms with Crippen LogP contribution < -0.4 is 18.3 Å². The average Bonchev–Trinajstić information content (AvgIpc) is 3.41. The summed E-state index contributed by atoms with van der Waals surface area (Å²) in [5.41, 5.74) is 9.45. The maximum absolute atomic E-state index is 16.1. The number of carbonyl (C=O) groups excluding carboxylic acids is 1. The summed E-state index contributed by atoms with van der Waals surface area (Å²) in [4.78, 5) is 14.2. The molecule has 6 rings (SSSR count). The Hall–Kier alpha value is -4.02. The van der Waals surface area contributed by atoms with Crippen LogP contribution in [0.1, 0.15) is 218 Å². The molecular weight excluding hydrogens is 800 g/mol. The third-order valence-corrected chi connectivity index (χ3v) is 13.9. The van der Waals surface area contributed by atoms with Crippen molar-refractivity contribution in [2.45, 2.75) is 203 Å². The summed E-state index contributed by atoms with van der Waals surface area (Å²) < 4.78 is 43.1. The maximum Gasteiger partial charge on any atom is 0.647 e. The fourth-order valence-electron chi connectivity index (χ4n) is 8.65. The summed E-state index contributed by atoms with van der Waals surface area (Å²) in [5, 5.41) is 0. The number of fused-ring (bicyclic) bond motifs is 3. The highest BCUT2D eigenvalue weighted by Gasteiger charge is 2.45. The number of hydrogen-bond acceptors (Lipinski definition) is 6. The molecule has 342 valence electrons. The number of esters is 1. The number of carbonyl (C=O) groups is 1. The molecule has 2 aliphatic rings. The lowest BCUT2D eigenvalue weighted by Crippen LogP contribution is -2.24. The second kappa shape index (κ2) is 15.3. The highest BCUT2D eigenvalue weighted by molar-refractivity contribution is 7.49. The molecule has 0 radical (unpaired) electrons. The van der Waals surface area contributed by atoms with Gasteiger partial charge in [-0.25, -0.2) is 0 Å². The SMILES string of the molecule is Cc1cc(C2C(=O)Oc3c2cc(C(C)(C)C)cc3C(C)(C)C)cc(C(C)(C)C)c1OP1(=O)Oc2c(cc(C(C)(C)C)cc2C(C)(C)C)Cc2cc(C(C)(C)C)cc(C(C)(C)C)c2O1. The number of phosphoric ester groups is 1. The van der Waals surface area contributed by atoms with Crippen molar-refractivity contribution in [2.24, 2.45) is 0 Å². The van der Waals surface area contributed by atoms with Crippen molar-refractivity contribution in [1.82, 2.24) is 0 Å². The summed E-state index contributed by atoms with van der Waals surface area (Å²) in [6.07, 6.45) is 0.526. The van der Waals surface area contributed by atoms with Crippen LogP contribution in [0.2, 0.25) is 0 Å². The fraction of sp³-hybridized carbons (Fsp3) is 0.554. The van der Waals surface area contributed by atoms with Gasteiger partial charge in [0.25, 0.3) is 0 Å². The molecular formula is C56H77O6P. The Bertz CT molecular complexity index is 2440. The molecule has 0 aliphatic carbocycles. The number of hydrogen-bond donors (Lipinski definition) is 0. The minimum absolute atomic E-state index is 0.154. The minimum atomic E-state index is -4.55. The normalized spacial score (nSPS) is 17.1. The minimum Gasteiger partial charge on any atom is -0.425 e. The zero-order valence-electron chi connectivity index (χ0n) is 42.8. The van der Waals surface area contributed by atoms with Gasteiger partial charge in [-0.15, -0.1) is 0 Å². The van der Waals surface area contributed by atoms with Crippen LogP contribution in [0.5, 0.6) is 23.0 Å². The molecule has 0 N–H and O–H groups in total. The fourth-order valence-corrected chi connectivity index (χ4v) is 10.1. The first-order valence-corrected chi connectivity index (χ1v) is 24.4.